The van der Waals surface area contributed by atoms with Crippen LogP contribution < -0.4 is 10.6 Å². The molecule has 3 amide bonds. The van der Waals surface area contributed by atoms with Gasteiger partial charge < -0.3 is 15.5 Å². The molecule has 0 unspecified atom stereocenters. The van der Waals surface area contributed by atoms with Gasteiger partial charge in [0, 0.05) is 49.5 Å². The molecule has 0 atom stereocenters. The highest BCUT2D eigenvalue weighted by Gasteiger charge is 2.32. The molecule has 8 nitrogen and oxygen atoms in total. The van der Waals surface area contributed by atoms with Crippen molar-refractivity contribution in [2.24, 2.45) is 0 Å². The molecule has 1 saturated carbocycles. The molecule has 3 heterocycles. The van der Waals surface area contributed by atoms with Crippen molar-refractivity contribution in [3.8, 4) is 0 Å². The zero-order valence-electron chi connectivity index (χ0n) is 18.6. The zero-order valence-corrected chi connectivity index (χ0v) is 19.5. The van der Waals surface area contributed by atoms with E-state index in [0.717, 1.165) is 44.1 Å². The molecule has 0 bridgehead atoms. The molecule has 33 heavy (non-hydrogen) atoms. The number of amides is 3. The molecule has 2 aromatic heterocycles. The maximum Gasteiger partial charge on any atom is 0.257 e. The van der Waals surface area contributed by atoms with Crippen molar-refractivity contribution in [1.29, 1.82) is 0 Å². The van der Waals surface area contributed by atoms with Gasteiger partial charge in [-0.15, -0.1) is 11.3 Å². The van der Waals surface area contributed by atoms with Gasteiger partial charge in [0.2, 0.25) is 5.91 Å². The van der Waals surface area contributed by atoms with Crippen molar-refractivity contribution in [3.05, 3.63) is 46.1 Å². The standard InChI is InChI=1S/C24H29N5O3S/c30-20(26-17-7-8-17)15-28-10-12-29(13-11-28)24(32)21-18-5-1-2-6-19(18)33-23(21)27-22(31)16-4-3-9-25-14-16/h3-4,9,14,17H,1-2,5-8,10-13,15H2,(H,26,30)(H,27,31). The Morgan fingerprint density at radius 1 is 1.09 bits per heavy atom. The summed E-state index contributed by atoms with van der Waals surface area (Å²) in [7, 11) is 0. The monoisotopic (exact) mass is 467 g/mol. The van der Waals surface area contributed by atoms with Gasteiger partial charge in [0.15, 0.2) is 0 Å². The molecular formula is C24H29N5O3S. The van der Waals surface area contributed by atoms with Gasteiger partial charge in [0.1, 0.15) is 5.00 Å². The number of anilines is 1. The van der Waals surface area contributed by atoms with E-state index in [4.69, 9.17) is 0 Å². The maximum atomic E-state index is 13.6. The van der Waals surface area contributed by atoms with Gasteiger partial charge in [-0.1, -0.05) is 0 Å². The van der Waals surface area contributed by atoms with Crippen LogP contribution in [0.5, 0.6) is 0 Å². The van der Waals surface area contributed by atoms with E-state index in [-0.39, 0.29) is 17.7 Å². The van der Waals surface area contributed by atoms with Gasteiger partial charge in [-0.3, -0.25) is 24.3 Å². The Morgan fingerprint density at radius 2 is 1.88 bits per heavy atom. The normalized spacial score (nSPS) is 18.5. The van der Waals surface area contributed by atoms with Crippen molar-refractivity contribution in [2.75, 3.05) is 38.0 Å². The van der Waals surface area contributed by atoms with Crippen LogP contribution >= 0.6 is 11.3 Å². The van der Waals surface area contributed by atoms with Crippen molar-refractivity contribution < 1.29 is 14.4 Å². The number of hydrogen-bond acceptors (Lipinski definition) is 6. The van der Waals surface area contributed by atoms with E-state index in [1.165, 1.54) is 22.4 Å². The highest BCUT2D eigenvalue weighted by Crippen LogP contribution is 2.39. The lowest BCUT2D eigenvalue weighted by molar-refractivity contribution is -0.122. The summed E-state index contributed by atoms with van der Waals surface area (Å²) in [5, 5.41) is 6.66. The first kappa shape index (κ1) is 22.0. The summed E-state index contributed by atoms with van der Waals surface area (Å²) in [6.45, 7) is 2.90. The van der Waals surface area contributed by atoms with Crippen LogP contribution in [0.2, 0.25) is 0 Å². The smallest absolute Gasteiger partial charge is 0.257 e. The summed E-state index contributed by atoms with van der Waals surface area (Å²) in [5.41, 5.74) is 2.23. The average molecular weight is 468 g/mol. The van der Waals surface area contributed by atoms with Crippen LogP contribution in [-0.2, 0) is 17.6 Å². The van der Waals surface area contributed by atoms with Crippen LogP contribution in [0.25, 0.3) is 0 Å². The fraction of sp³-hybridized carbons (Fsp3) is 0.500. The van der Waals surface area contributed by atoms with Gasteiger partial charge in [0.25, 0.3) is 11.8 Å². The Kier molecular flexibility index (Phi) is 6.41. The van der Waals surface area contributed by atoms with Crippen molar-refractivity contribution in [2.45, 2.75) is 44.6 Å². The summed E-state index contributed by atoms with van der Waals surface area (Å²) in [4.78, 5) is 47.7. The quantitative estimate of drug-likeness (QED) is 0.680. The third-order valence-corrected chi connectivity index (χ3v) is 7.71. The number of carbonyl (C=O) groups is 3. The number of aromatic nitrogens is 1. The fourth-order valence-electron chi connectivity index (χ4n) is 4.52. The minimum absolute atomic E-state index is 0.0158. The van der Waals surface area contributed by atoms with Gasteiger partial charge in [-0.05, 0) is 56.2 Å². The van der Waals surface area contributed by atoms with E-state index in [0.29, 0.717) is 54.9 Å². The molecule has 0 aromatic carbocycles. The largest absolute Gasteiger partial charge is 0.352 e. The molecule has 1 saturated heterocycles. The second-order valence-electron chi connectivity index (χ2n) is 9.02. The summed E-state index contributed by atoms with van der Waals surface area (Å²) >= 11 is 1.53. The van der Waals surface area contributed by atoms with Crippen LogP contribution in [0.15, 0.2) is 24.5 Å². The van der Waals surface area contributed by atoms with Gasteiger partial charge in [-0.2, -0.15) is 0 Å². The van der Waals surface area contributed by atoms with Gasteiger partial charge in [0.05, 0.1) is 17.7 Å². The molecule has 174 valence electrons. The minimum atomic E-state index is -0.248. The Labute approximate surface area is 197 Å². The third-order valence-electron chi connectivity index (χ3n) is 6.51. The first-order valence-electron chi connectivity index (χ1n) is 11.8. The molecule has 3 aliphatic rings. The number of nitrogens with zero attached hydrogens (tertiary/aromatic N) is 3. The molecule has 0 spiro atoms. The Bertz CT molecular complexity index is 1040. The van der Waals surface area contributed by atoms with E-state index in [2.05, 4.69) is 20.5 Å². The molecule has 2 aliphatic carbocycles. The van der Waals surface area contributed by atoms with Crippen molar-refractivity contribution >= 4 is 34.1 Å². The zero-order chi connectivity index (χ0) is 22.8. The SMILES string of the molecule is O=C(CN1CCN(C(=O)c2c(NC(=O)c3cccnc3)sc3c2CCCC3)CC1)NC1CC1. The van der Waals surface area contributed by atoms with Crippen molar-refractivity contribution in [1.82, 2.24) is 20.1 Å². The Hall–Kier alpha value is -2.78. The number of pyridine rings is 1. The molecule has 1 aliphatic heterocycles. The predicted molar refractivity (Wildman–Crippen MR) is 127 cm³/mol. The van der Waals surface area contributed by atoms with E-state index < -0.39 is 0 Å². The summed E-state index contributed by atoms with van der Waals surface area (Å²) in [6, 6.07) is 3.81. The van der Waals surface area contributed by atoms with Crippen LogP contribution in [0.4, 0.5) is 5.00 Å². The molecular weight excluding hydrogens is 438 g/mol. The Morgan fingerprint density at radius 3 is 2.61 bits per heavy atom. The number of hydrogen-bond donors (Lipinski definition) is 2. The van der Waals surface area contributed by atoms with E-state index in [9.17, 15) is 14.4 Å². The molecule has 2 aromatic rings. The summed E-state index contributed by atoms with van der Waals surface area (Å²) < 4.78 is 0. The molecule has 9 heteroatoms. The number of rotatable bonds is 6. The van der Waals surface area contributed by atoms with E-state index in [1.54, 1.807) is 18.3 Å². The van der Waals surface area contributed by atoms with Crippen LogP contribution in [0.1, 0.15) is 56.8 Å². The molecule has 5 rings (SSSR count). The number of fused-ring (bicyclic) bond motifs is 1. The summed E-state index contributed by atoms with van der Waals surface area (Å²) in [5.74, 6) is -0.190. The third kappa shape index (κ3) is 5.09. The topological polar surface area (TPSA) is 94.6 Å². The average Bonchev–Trinajstić information content (AvgIpc) is 3.57. The second-order valence-corrected chi connectivity index (χ2v) is 10.1. The first-order chi connectivity index (χ1) is 16.1. The molecule has 2 fully saturated rings. The number of piperazine rings is 1. The van der Waals surface area contributed by atoms with E-state index >= 15 is 0 Å². The fourth-order valence-corrected chi connectivity index (χ4v) is 5.80. The summed E-state index contributed by atoms with van der Waals surface area (Å²) in [6.07, 6.45) is 9.32. The number of nitrogens with one attached hydrogen (secondary N) is 2. The van der Waals surface area contributed by atoms with Crippen LogP contribution in [0, 0.1) is 0 Å². The van der Waals surface area contributed by atoms with Crippen LogP contribution in [0.3, 0.4) is 0 Å². The number of aryl methyl sites for hydroxylation is 1. The lowest BCUT2D eigenvalue weighted by Crippen LogP contribution is -2.51. The second kappa shape index (κ2) is 9.61. The first-order valence-corrected chi connectivity index (χ1v) is 12.6. The number of thiophene rings is 1. The predicted octanol–water partition coefficient (Wildman–Crippen LogP) is 2.31. The Balaban J connectivity index is 1.28. The van der Waals surface area contributed by atoms with Crippen molar-refractivity contribution in [3.63, 3.8) is 0 Å². The van der Waals surface area contributed by atoms with Crippen LogP contribution in [-0.4, -0.2) is 71.3 Å². The maximum absolute atomic E-state index is 13.6. The lowest BCUT2D eigenvalue weighted by Gasteiger charge is -2.34. The van der Waals surface area contributed by atoms with E-state index in [1.807, 2.05) is 4.90 Å². The van der Waals surface area contributed by atoms with Gasteiger partial charge >= 0.3 is 0 Å². The lowest BCUT2D eigenvalue weighted by atomic mass is 9.95. The highest BCUT2D eigenvalue weighted by molar-refractivity contribution is 7.17. The minimum Gasteiger partial charge on any atom is -0.352 e. The molecule has 2 N–H and O–H groups in total. The molecule has 0 radical (unpaired) electrons. The number of carbonyl (C=O) groups excluding carboxylic acids is 3. The highest BCUT2D eigenvalue weighted by atomic mass is 32.1. The van der Waals surface area contributed by atoms with Gasteiger partial charge in [-0.25, -0.2) is 0 Å².